The number of aromatic nitrogens is 2. The van der Waals surface area contributed by atoms with Gasteiger partial charge in [-0.15, -0.1) is 0 Å². The fourth-order valence-electron chi connectivity index (χ4n) is 12.7. The number of allylic oxidation sites excluding steroid dienone is 10. The van der Waals surface area contributed by atoms with Crippen molar-refractivity contribution in [1.82, 2.24) is 9.55 Å². The first-order valence-electron chi connectivity index (χ1n) is 25.2. The number of benzene rings is 7. The van der Waals surface area contributed by atoms with Crippen molar-refractivity contribution in [2.45, 2.75) is 55.3 Å². The van der Waals surface area contributed by atoms with Gasteiger partial charge >= 0.3 is 0 Å². The summed E-state index contributed by atoms with van der Waals surface area (Å²) in [6.45, 7) is 0. The Morgan fingerprint density at radius 3 is 2.11 bits per heavy atom. The first-order chi connectivity index (χ1) is 35.1. The summed E-state index contributed by atoms with van der Waals surface area (Å²) < 4.78 is 9.12. The highest BCUT2D eigenvalue weighted by atomic mass is 16.5. The summed E-state index contributed by atoms with van der Waals surface area (Å²) in [4.78, 5) is 5.42. The Kier molecular flexibility index (Phi) is 9.68. The lowest BCUT2D eigenvalue weighted by Crippen LogP contribution is -2.32. The Balaban J connectivity index is 0.869. The van der Waals surface area contributed by atoms with Crippen molar-refractivity contribution in [2.24, 2.45) is 0 Å². The van der Waals surface area contributed by atoms with E-state index in [0.717, 1.165) is 55.0 Å². The van der Waals surface area contributed by atoms with Crippen molar-refractivity contribution in [1.29, 1.82) is 5.26 Å². The zero-order chi connectivity index (χ0) is 47.0. The second-order valence-corrected chi connectivity index (χ2v) is 19.8. The molecular formula is C67H49N3O. The lowest BCUT2D eigenvalue weighted by molar-refractivity contribution is 0.436. The molecule has 1 aliphatic heterocycles. The second kappa shape index (κ2) is 16.6. The van der Waals surface area contributed by atoms with Crippen molar-refractivity contribution >= 4 is 33.1 Å². The lowest BCUT2D eigenvalue weighted by Gasteiger charge is -2.39. The molecule has 4 nitrogen and oxygen atoms in total. The van der Waals surface area contributed by atoms with Crippen LogP contribution in [0.15, 0.2) is 218 Å². The van der Waals surface area contributed by atoms with Crippen LogP contribution < -0.4 is 4.74 Å². The van der Waals surface area contributed by atoms with Crippen molar-refractivity contribution in [3.63, 3.8) is 0 Å². The van der Waals surface area contributed by atoms with Gasteiger partial charge in [0.15, 0.2) is 0 Å². The van der Waals surface area contributed by atoms with Crippen LogP contribution in [0.1, 0.15) is 100 Å². The highest BCUT2D eigenvalue weighted by Gasteiger charge is 2.51. The molecule has 5 aliphatic rings. The number of pyridine rings is 1. The first kappa shape index (κ1) is 41.5. The van der Waals surface area contributed by atoms with Crippen molar-refractivity contribution in [3.8, 4) is 39.8 Å². The van der Waals surface area contributed by atoms with E-state index in [1.807, 2.05) is 12.1 Å². The summed E-state index contributed by atoms with van der Waals surface area (Å²) in [5, 5.41) is 11.8. The molecule has 0 fully saturated rings. The number of hydrogen-bond donors (Lipinski definition) is 0. The maximum atomic E-state index is 9.35. The maximum absolute atomic E-state index is 9.35. The standard InChI is InChI=1S/C67H49N3O/c68-42-43-28-30-44(31-29-43)45-32-34-47(35-33-45)61-41-50(40-60(69-61)46-14-2-1-3-15-46)48-16-12-17-51(38-48)70-62-25-9-5-18-53(62)55-39-49(36-37-63(55)70)52-20-13-24-59-66(52)54-19-4-6-21-56(54)67(59)57-22-7-10-26-64(57)71-65-27-11-8-23-58(65)67/h1-2,4-14,17-32,34,36-41,45,47-48H,3,15-16,33,35H2. The number of fused-ring (bicyclic) bond motifs is 12. The molecule has 0 N–H and O–H groups in total. The summed E-state index contributed by atoms with van der Waals surface area (Å²) in [6.07, 6.45) is 23.7. The van der Waals surface area contributed by atoms with Crippen LogP contribution in [-0.4, -0.2) is 9.55 Å². The largest absolute Gasteiger partial charge is 0.457 e. The topological polar surface area (TPSA) is 50.8 Å². The van der Waals surface area contributed by atoms with Crippen molar-refractivity contribution in [3.05, 3.63) is 269 Å². The minimum atomic E-state index is -0.520. The van der Waals surface area contributed by atoms with Gasteiger partial charge < -0.3 is 9.30 Å². The fourth-order valence-corrected chi connectivity index (χ4v) is 12.7. The molecule has 71 heavy (non-hydrogen) atoms. The number of rotatable bonds is 6. The number of hydrogen-bond acceptors (Lipinski definition) is 3. The van der Waals surface area contributed by atoms with Crippen LogP contribution in [0, 0.1) is 11.3 Å². The lowest BCUT2D eigenvalue weighted by atomic mass is 9.66. The quantitative estimate of drug-likeness (QED) is 0.156. The Labute approximate surface area is 414 Å². The van der Waals surface area contributed by atoms with Gasteiger partial charge in [-0.25, -0.2) is 0 Å². The molecule has 338 valence electrons. The molecule has 3 heterocycles. The highest BCUT2D eigenvalue weighted by Crippen LogP contribution is 2.63. The van der Waals surface area contributed by atoms with Gasteiger partial charge in [-0.05, 0) is 143 Å². The van der Waals surface area contributed by atoms with Crippen LogP contribution >= 0.6 is 0 Å². The fraction of sp³-hybridized carbons (Fsp3) is 0.134. The first-order valence-corrected chi connectivity index (χ1v) is 25.2. The number of nitriles is 1. The van der Waals surface area contributed by atoms with Crippen LogP contribution in [0.5, 0.6) is 11.5 Å². The maximum Gasteiger partial charge on any atom is 0.132 e. The number of para-hydroxylation sites is 3. The normalized spacial score (nSPS) is 19.1. The molecule has 4 aliphatic carbocycles. The number of nitrogens with zero attached hydrogens (tertiary/aromatic N) is 3. The van der Waals surface area contributed by atoms with Crippen LogP contribution in [0.3, 0.4) is 0 Å². The third-order valence-electron chi connectivity index (χ3n) is 16.0. The Bertz CT molecular complexity index is 3820. The molecule has 14 rings (SSSR count). The van der Waals surface area contributed by atoms with E-state index in [9.17, 15) is 5.26 Å². The van der Waals surface area contributed by atoms with Crippen molar-refractivity contribution in [2.75, 3.05) is 0 Å². The van der Waals surface area contributed by atoms with Crippen LogP contribution in [0.4, 0.5) is 0 Å². The van der Waals surface area contributed by atoms with Crippen LogP contribution in [0.25, 0.3) is 55.3 Å². The van der Waals surface area contributed by atoms with Crippen LogP contribution in [0.2, 0.25) is 0 Å². The van der Waals surface area contributed by atoms with Gasteiger partial charge in [0.2, 0.25) is 0 Å². The Morgan fingerprint density at radius 1 is 0.606 bits per heavy atom. The van der Waals surface area contributed by atoms with Gasteiger partial charge in [0, 0.05) is 51.0 Å². The van der Waals surface area contributed by atoms with E-state index in [1.54, 1.807) is 0 Å². The van der Waals surface area contributed by atoms with E-state index >= 15 is 0 Å². The molecule has 2 aromatic heterocycles. The zero-order valence-electron chi connectivity index (χ0n) is 39.3. The molecule has 0 bridgehead atoms. The summed E-state index contributed by atoms with van der Waals surface area (Å²) >= 11 is 0. The van der Waals surface area contributed by atoms with Gasteiger partial charge in [-0.1, -0.05) is 158 Å². The second-order valence-electron chi connectivity index (χ2n) is 19.8. The average molecular weight is 912 g/mol. The summed E-state index contributed by atoms with van der Waals surface area (Å²) in [7, 11) is 0. The Hall–Kier alpha value is -8.52. The molecule has 0 saturated carbocycles. The minimum absolute atomic E-state index is 0.185. The molecular weight excluding hydrogens is 863 g/mol. The SMILES string of the molecule is N#Cc1ccc(C2C=CC(c3cc(C4C=C(n5c6ccccc6c6cc(-c7cccc8c7-c7ccccc7C87c8ccccc8Oc8ccccc87)ccc65)C=CC4)cc(C4=CC=CCC4)n3)CC2)cc1. The smallest absolute Gasteiger partial charge is 0.132 e. The molecule has 0 radical (unpaired) electrons. The molecule has 4 heteroatoms. The molecule has 9 aromatic rings. The zero-order valence-corrected chi connectivity index (χ0v) is 39.3. The van der Waals surface area contributed by atoms with Gasteiger partial charge in [0.05, 0.1) is 33.8 Å². The Morgan fingerprint density at radius 2 is 1.32 bits per heavy atom. The van der Waals surface area contributed by atoms with E-state index in [0.29, 0.717) is 11.5 Å². The highest BCUT2D eigenvalue weighted by molar-refractivity contribution is 6.12. The molecule has 3 unspecified atom stereocenters. The van der Waals surface area contributed by atoms with Crippen molar-refractivity contribution < 1.29 is 4.74 Å². The summed E-state index contributed by atoms with van der Waals surface area (Å²) in [6, 6.07) is 64.3. The predicted molar refractivity (Wildman–Crippen MR) is 289 cm³/mol. The average Bonchev–Trinajstić information content (AvgIpc) is 3.94. The van der Waals surface area contributed by atoms with Gasteiger partial charge in [0.1, 0.15) is 11.5 Å². The minimum Gasteiger partial charge on any atom is -0.457 e. The van der Waals surface area contributed by atoms with Gasteiger partial charge in [-0.2, -0.15) is 5.26 Å². The monoisotopic (exact) mass is 911 g/mol. The van der Waals surface area contributed by atoms with E-state index in [1.165, 1.54) is 88.7 Å². The third kappa shape index (κ3) is 6.53. The summed E-state index contributed by atoms with van der Waals surface area (Å²) in [5.74, 6) is 2.58. The summed E-state index contributed by atoms with van der Waals surface area (Å²) in [5.41, 5.74) is 19.8. The molecule has 7 aromatic carbocycles. The van der Waals surface area contributed by atoms with E-state index < -0.39 is 5.41 Å². The molecule has 0 amide bonds. The third-order valence-corrected chi connectivity index (χ3v) is 16.0. The van der Waals surface area contributed by atoms with Gasteiger partial charge in [0.25, 0.3) is 0 Å². The van der Waals surface area contributed by atoms with Gasteiger partial charge in [-0.3, -0.25) is 4.98 Å². The van der Waals surface area contributed by atoms with Crippen LogP contribution in [-0.2, 0) is 5.41 Å². The van der Waals surface area contributed by atoms with E-state index in [2.05, 4.69) is 217 Å². The van der Waals surface area contributed by atoms with E-state index in [-0.39, 0.29) is 11.8 Å². The number of ether oxygens (including phenoxy) is 1. The predicted octanol–water partition coefficient (Wildman–Crippen LogP) is 16.7. The van der Waals surface area contributed by atoms with E-state index in [4.69, 9.17) is 9.72 Å². The molecule has 1 spiro atoms. The molecule has 3 atom stereocenters. The molecule has 0 saturated heterocycles.